The van der Waals surface area contributed by atoms with Gasteiger partial charge in [0.05, 0.1) is 13.2 Å². The Morgan fingerprint density at radius 3 is 2.42 bits per heavy atom. The van der Waals surface area contributed by atoms with Gasteiger partial charge in [-0.2, -0.15) is 0 Å². The van der Waals surface area contributed by atoms with E-state index in [0.717, 1.165) is 31.8 Å². The Morgan fingerprint density at radius 2 is 1.81 bits per heavy atom. The Kier molecular flexibility index (Phi) is 6.29. The van der Waals surface area contributed by atoms with Gasteiger partial charge in [0.1, 0.15) is 5.82 Å². The summed E-state index contributed by atoms with van der Waals surface area (Å²) in [5, 5.41) is 0. The molecule has 3 rings (SSSR count). The molecule has 0 spiro atoms. The number of morpholine rings is 1. The highest BCUT2D eigenvalue weighted by Gasteiger charge is 2.27. The van der Waals surface area contributed by atoms with Gasteiger partial charge in [0.25, 0.3) is 0 Å². The monoisotopic (exact) mass is 362 g/mol. The molecule has 7 heteroatoms. The van der Waals surface area contributed by atoms with E-state index in [2.05, 4.69) is 11.9 Å². The molecule has 0 unspecified atom stereocenters. The fraction of sp³-hybridized carbons (Fsp3) is 0.737. The maximum atomic E-state index is 12.6. The molecule has 0 aromatic carbocycles. The fourth-order valence-corrected chi connectivity index (χ4v) is 3.91. The van der Waals surface area contributed by atoms with E-state index in [9.17, 15) is 9.59 Å². The van der Waals surface area contributed by atoms with Crippen LogP contribution in [0, 0.1) is 12.8 Å². The standard InChI is InChI=1S/C19H30N4O3/c1-15(23-8-5-20-16(23)2)13-18(24)21-6-3-17(4-7-21)14-19(25)22-9-11-26-12-10-22/h5,8,15,17H,3-4,6-7,9-14H2,1-2H3/t15-/m0/s1. The minimum Gasteiger partial charge on any atom is -0.378 e. The number of ether oxygens (including phenoxy) is 1. The van der Waals surface area contributed by atoms with Crippen LogP contribution in [0.2, 0.25) is 0 Å². The smallest absolute Gasteiger partial charge is 0.224 e. The van der Waals surface area contributed by atoms with E-state index < -0.39 is 0 Å². The van der Waals surface area contributed by atoms with Gasteiger partial charge in [0.2, 0.25) is 11.8 Å². The Bertz CT molecular complexity index is 616. The summed E-state index contributed by atoms with van der Waals surface area (Å²) >= 11 is 0. The molecular weight excluding hydrogens is 332 g/mol. The summed E-state index contributed by atoms with van der Waals surface area (Å²) in [6.07, 6.45) is 6.63. The average molecular weight is 362 g/mol. The number of hydrogen-bond acceptors (Lipinski definition) is 4. The first-order chi connectivity index (χ1) is 12.5. The van der Waals surface area contributed by atoms with Gasteiger partial charge in [-0.05, 0) is 32.6 Å². The predicted molar refractivity (Wildman–Crippen MR) is 97.6 cm³/mol. The quantitative estimate of drug-likeness (QED) is 0.798. The number of aromatic nitrogens is 2. The van der Waals surface area contributed by atoms with Crippen molar-refractivity contribution in [3.63, 3.8) is 0 Å². The lowest BCUT2D eigenvalue weighted by Gasteiger charge is -2.34. The Morgan fingerprint density at radius 1 is 1.15 bits per heavy atom. The number of carbonyl (C=O) groups is 2. The lowest BCUT2D eigenvalue weighted by Crippen LogP contribution is -2.43. The summed E-state index contributed by atoms with van der Waals surface area (Å²) in [4.78, 5) is 33.1. The van der Waals surface area contributed by atoms with Gasteiger partial charge in [-0.15, -0.1) is 0 Å². The van der Waals surface area contributed by atoms with Gasteiger partial charge >= 0.3 is 0 Å². The number of nitrogens with zero attached hydrogens (tertiary/aromatic N) is 4. The van der Waals surface area contributed by atoms with Crippen LogP contribution >= 0.6 is 0 Å². The van der Waals surface area contributed by atoms with Gasteiger partial charge in [0, 0.05) is 57.5 Å². The van der Waals surface area contributed by atoms with Crippen molar-refractivity contribution in [1.82, 2.24) is 19.4 Å². The van der Waals surface area contributed by atoms with E-state index in [-0.39, 0.29) is 17.9 Å². The molecule has 0 N–H and O–H groups in total. The summed E-state index contributed by atoms with van der Waals surface area (Å²) < 4.78 is 7.35. The van der Waals surface area contributed by atoms with Gasteiger partial charge in [-0.25, -0.2) is 4.98 Å². The molecule has 0 aliphatic carbocycles. The largest absolute Gasteiger partial charge is 0.378 e. The Hall–Kier alpha value is -1.89. The summed E-state index contributed by atoms with van der Waals surface area (Å²) in [5.74, 6) is 1.76. The summed E-state index contributed by atoms with van der Waals surface area (Å²) in [7, 11) is 0. The van der Waals surface area contributed by atoms with Crippen LogP contribution in [0.5, 0.6) is 0 Å². The highest BCUT2D eigenvalue weighted by Crippen LogP contribution is 2.23. The molecule has 2 amide bonds. The van der Waals surface area contributed by atoms with Crippen LogP contribution in [0.25, 0.3) is 0 Å². The highest BCUT2D eigenvalue weighted by molar-refractivity contribution is 5.77. The van der Waals surface area contributed by atoms with Crippen LogP contribution < -0.4 is 0 Å². The van der Waals surface area contributed by atoms with Crippen molar-refractivity contribution in [1.29, 1.82) is 0 Å². The van der Waals surface area contributed by atoms with E-state index in [0.29, 0.717) is 45.1 Å². The molecule has 2 aliphatic rings. The third-order valence-electron chi connectivity index (χ3n) is 5.60. The normalized spacial score (nSPS) is 20.2. The molecule has 1 aromatic rings. The first kappa shape index (κ1) is 18.9. The van der Waals surface area contributed by atoms with E-state index in [1.807, 2.05) is 27.5 Å². The minimum absolute atomic E-state index is 0.116. The zero-order chi connectivity index (χ0) is 18.5. The van der Waals surface area contributed by atoms with Crippen LogP contribution in [-0.4, -0.2) is 70.6 Å². The van der Waals surface area contributed by atoms with Gasteiger partial charge in [-0.1, -0.05) is 0 Å². The predicted octanol–water partition coefficient (Wildman–Crippen LogP) is 1.63. The van der Waals surface area contributed by atoms with Crippen LogP contribution in [-0.2, 0) is 14.3 Å². The Balaban J connectivity index is 1.42. The number of aryl methyl sites for hydroxylation is 1. The lowest BCUT2D eigenvalue weighted by atomic mass is 9.92. The number of rotatable bonds is 5. The fourth-order valence-electron chi connectivity index (χ4n) is 3.91. The molecule has 0 saturated carbocycles. The third kappa shape index (κ3) is 4.63. The van der Waals surface area contributed by atoms with Crippen LogP contribution in [0.1, 0.15) is 44.5 Å². The van der Waals surface area contributed by atoms with Crippen molar-refractivity contribution in [2.75, 3.05) is 39.4 Å². The first-order valence-electron chi connectivity index (χ1n) is 9.67. The second kappa shape index (κ2) is 8.66. The number of carbonyl (C=O) groups excluding carboxylic acids is 2. The van der Waals surface area contributed by atoms with Gasteiger partial charge in [0.15, 0.2) is 0 Å². The zero-order valence-corrected chi connectivity index (χ0v) is 15.9. The van der Waals surface area contributed by atoms with Crippen molar-refractivity contribution in [3.05, 3.63) is 18.2 Å². The molecule has 1 atom stereocenters. The second-order valence-electron chi connectivity index (χ2n) is 7.46. The number of likely N-dealkylation sites (tertiary alicyclic amines) is 1. The van der Waals surface area contributed by atoms with Crippen molar-refractivity contribution in [3.8, 4) is 0 Å². The van der Waals surface area contributed by atoms with E-state index in [1.165, 1.54) is 0 Å². The first-order valence-corrected chi connectivity index (χ1v) is 9.67. The van der Waals surface area contributed by atoms with E-state index in [4.69, 9.17) is 4.74 Å². The lowest BCUT2D eigenvalue weighted by molar-refractivity contribution is -0.137. The van der Waals surface area contributed by atoms with E-state index >= 15 is 0 Å². The molecule has 2 fully saturated rings. The SMILES string of the molecule is Cc1nccn1[C@@H](C)CC(=O)N1CCC(CC(=O)N2CCOCC2)CC1. The molecule has 144 valence electrons. The summed E-state index contributed by atoms with van der Waals surface area (Å²) in [6.45, 7) is 8.24. The number of imidazole rings is 1. The van der Waals surface area contributed by atoms with Gasteiger partial charge < -0.3 is 19.1 Å². The van der Waals surface area contributed by atoms with E-state index in [1.54, 1.807) is 6.20 Å². The van der Waals surface area contributed by atoms with Crippen molar-refractivity contribution in [2.45, 2.75) is 45.6 Å². The van der Waals surface area contributed by atoms with Crippen molar-refractivity contribution >= 4 is 11.8 Å². The second-order valence-corrected chi connectivity index (χ2v) is 7.46. The maximum absolute atomic E-state index is 12.6. The topological polar surface area (TPSA) is 67.7 Å². The molecule has 1 aromatic heterocycles. The van der Waals surface area contributed by atoms with Crippen LogP contribution in [0.15, 0.2) is 12.4 Å². The molecule has 3 heterocycles. The summed E-state index contributed by atoms with van der Waals surface area (Å²) in [5.41, 5.74) is 0. The number of piperidine rings is 1. The molecule has 2 aliphatic heterocycles. The molecular formula is C19H30N4O3. The minimum atomic E-state index is 0.116. The molecule has 2 saturated heterocycles. The van der Waals surface area contributed by atoms with Crippen molar-refractivity contribution < 1.29 is 14.3 Å². The maximum Gasteiger partial charge on any atom is 0.224 e. The van der Waals surface area contributed by atoms with Crippen LogP contribution in [0.4, 0.5) is 0 Å². The molecule has 26 heavy (non-hydrogen) atoms. The zero-order valence-electron chi connectivity index (χ0n) is 15.9. The molecule has 0 radical (unpaired) electrons. The molecule has 0 bridgehead atoms. The number of hydrogen-bond donors (Lipinski definition) is 0. The van der Waals surface area contributed by atoms with Crippen LogP contribution in [0.3, 0.4) is 0 Å². The van der Waals surface area contributed by atoms with Gasteiger partial charge in [-0.3, -0.25) is 9.59 Å². The van der Waals surface area contributed by atoms with Crippen molar-refractivity contribution in [2.24, 2.45) is 5.92 Å². The number of amides is 2. The highest BCUT2D eigenvalue weighted by atomic mass is 16.5. The summed E-state index contributed by atoms with van der Waals surface area (Å²) in [6, 6.07) is 0.116. The average Bonchev–Trinajstić information content (AvgIpc) is 3.09. The Labute approximate surface area is 155 Å². The third-order valence-corrected chi connectivity index (χ3v) is 5.60. The molecule has 7 nitrogen and oxygen atoms in total.